The van der Waals surface area contributed by atoms with Crippen molar-refractivity contribution in [3.05, 3.63) is 0 Å². The average molecular weight is 409 g/mol. The minimum atomic E-state index is 0. The number of carbonyl (C=O) groups is 1. The lowest BCUT2D eigenvalue weighted by atomic mass is 9.93. The highest BCUT2D eigenvalue weighted by Crippen LogP contribution is 2.21. The molecule has 0 spiro atoms. The number of nitrogens with zero attached hydrogens (tertiary/aromatic N) is 2. The highest BCUT2D eigenvalue weighted by atomic mass is 35.5. The van der Waals surface area contributed by atoms with E-state index in [-0.39, 0.29) is 30.7 Å². The fourth-order valence-electron chi connectivity index (χ4n) is 4.57. The number of carbonyl (C=O) groups excluding carboxylic acids is 1. The number of likely N-dealkylation sites (tertiary alicyclic amines) is 2. The molecule has 0 aromatic carbocycles. The Morgan fingerprint density at radius 3 is 2.19 bits per heavy atom. The lowest BCUT2D eigenvalue weighted by molar-refractivity contribution is -0.122. The van der Waals surface area contributed by atoms with Crippen molar-refractivity contribution in [3.63, 3.8) is 0 Å². The van der Waals surface area contributed by atoms with E-state index >= 15 is 0 Å². The summed E-state index contributed by atoms with van der Waals surface area (Å²) in [5.74, 6) is 1.04. The molecule has 0 bridgehead atoms. The van der Waals surface area contributed by atoms with Gasteiger partial charge in [0.25, 0.3) is 0 Å². The van der Waals surface area contributed by atoms with Gasteiger partial charge in [-0.1, -0.05) is 0 Å². The molecule has 3 heterocycles. The standard InChI is InChI=1S/C19H36N4O.2ClH/c1-22-12-8-18(9-13-22)23-14-6-17(7-15-23)21-19(24)3-2-16-4-10-20-11-5-16;;/h16-18,20H,2-15H2,1H3,(H,21,24);2*1H. The van der Waals surface area contributed by atoms with Gasteiger partial charge in [0.15, 0.2) is 0 Å². The Morgan fingerprint density at radius 1 is 0.962 bits per heavy atom. The number of halogens is 2. The van der Waals surface area contributed by atoms with Gasteiger partial charge >= 0.3 is 0 Å². The highest BCUT2D eigenvalue weighted by molar-refractivity contribution is 5.85. The first-order valence-electron chi connectivity index (χ1n) is 10.1. The predicted molar refractivity (Wildman–Crippen MR) is 113 cm³/mol. The Labute approximate surface area is 171 Å². The van der Waals surface area contributed by atoms with Crippen LogP contribution >= 0.6 is 24.8 Å². The summed E-state index contributed by atoms with van der Waals surface area (Å²) in [5.41, 5.74) is 0. The minimum absolute atomic E-state index is 0. The first-order valence-corrected chi connectivity index (χ1v) is 10.1. The van der Waals surface area contributed by atoms with Crippen molar-refractivity contribution in [2.24, 2.45) is 5.92 Å². The Balaban J connectivity index is 0.00000169. The van der Waals surface area contributed by atoms with Crippen LogP contribution in [0.4, 0.5) is 0 Å². The maximum atomic E-state index is 12.2. The van der Waals surface area contributed by atoms with Crippen molar-refractivity contribution in [2.45, 2.75) is 63.5 Å². The molecule has 154 valence electrons. The normalized spacial score (nSPS) is 24.5. The van der Waals surface area contributed by atoms with Gasteiger partial charge in [-0.15, -0.1) is 24.8 Å². The number of piperidine rings is 3. The minimum Gasteiger partial charge on any atom is -0.353 e. The predicted octanol–water partition coefficient (Wildman–Crippen LogP) is 2.28. The van der Waals surface area contributed by atoms with E-state index in [1.165, 1.54) is 38.8 Å². The van der Waals surface area contributed by atoms with Crippen LogP contribution in [0, 0.1) is 5.92 Å². The van der Waals surface area contributed by atoms with Gasteiger partial charge in [0, 0.05) is 31.6 Å². The van der Waals surface area contributed by atoms with E-state index in [2.05, 4.69) is 27.5 Å². The van der Waals surface area contributed by atoms with Crippen molar-refractivity contribution < 1.29 is 4.79 Å². The van der Waals surface area contributed by atoms with E-state index in [9.17, 15) is 4.79 Å². The first-order chi connectivity index (χ1) is 11.7. The van der Waals surface area contributed by atoms with E-state index in [1.54, 1.807) is 0 Å². The van der Waals surface area contributed by atoms with E-state index in [1.807, 2.05) is 0 Å². The van der Waals surface area contributed by atoms with E-state index in [4.69, 9.17) is 0 Å². The van der Waals surface area contributed by atoms with Crippen LogP contribution in [0.1, 0.15) is 51.4 Å². The van der Waals surface area contributed by atoms with Gasteiger partial charge in [0.1, 0.15) is 0 Å². The quantitative estimate of drug-likeness (QED) is 0.732. The molecule has 0 unspecified atom stereocenters. The van der Waals surface area contributed by atoms with Gasteiger partial charge < -0.3 is 20.4 Å². The van der Waals surface area contributed by atoms with Gasteiger partial charge in [-0.05, 0) is 84.1 Å². The molecule has 2 N–H and O–H groups in total. The second kappa shape index (κ2) is 12.4. The van der Waals surface area contributed by atoms with Gasteiger partial charge in [-0.2, -0.15) is 0 Å². The Morgan fingerprint density at radius 2 is 1.58 bits per heavy atom. The number of hydrogen-bond acceptors (Lipinski definition) is 4. The molecule has 0 radical (unpaired) electrons. The lowest BCUT2D eigenvalue weighted by Gasteiger charge is -2.41. The van der Waals surface area contributed by atoms with E-state index in [0.717, 1.165) is 63.8 Å². The zero-order valence-corrected chi connectivity index (χ0v) is 17.9. The number of rotatable bonds is 5. The van der Waals surface area contributed by atoms with Gasteiger partial charge in [0.05, 0.1) is 0 Å². The molecule has 3 aliphatic rings. The molecule has 3 rings (SSSR count). The Hall–Kier alpha value is -0.0700. The number of nitrogens with one attached hydrogen (secondary N) is 2. The maximum absolute atomic E-state index is 12.2. The van der Waals surface area contributed by atoms with Crippen LogP contribution in [0.25, 0.3) is 0 Å². The van der Waals surface area contributed by atoms with E-state index in [0.29, 0.717) is 6.04 Å². The van der Waals surface area contributed by atoms with Gasteiger partial charge in [-0.25, -0.2) is 0 Å². The number of hydrogen-bond donors (Lipinski definition) is 2. The van der Waals surface area contributed by atoms with Crippen molar-refractivity contribution in [1.29, 1.82) is 0 Å². The molecule has 3 aliphatic heterocycles. The summed E-state index contributed by atoms with van der Waals surface area (Å²) in [6, 6.07) is 1.19. The summed E-state index contributed by atoms with van der Waals surface area (Å²) in [6.07, 6.45) is 9.15. The molecule has 0 saturated carbocycles. The zero-order chi connectivity index (χ0) is 16.8. The number of amides is 1. The average Bonchev–Trinajstić information content (AvgIpc) is 2.62. The van der Waals surface area contributed by atoms with Crippen LogP contribution < -0.4 is 10.6 Å². The van der Waals surface area contributed by atoms with Crippen LogP contribution in [-0.4, -0.2) is 74.1 Å². The van der Waals surface area contributed by atoms with Crippen molar-refractivity contribution >= 4 is 30.7 Å². The van der Waals surface area contributed by atoms with Crippen molar-refractivity contribution in [3.8, 4) is 0 Å². The summed E-state index contributed by atoms with van der Waals surface area (Å²) < 4.78 is 0. The maximum Gasteiger partial charge on any atom is 0.220 e. The van der Waals surface area contributed by atoms with Crippen LogP contribution in [0.5, 0.6) is 0 Å². The second-order valence-electron chi connectivity index (χ2n) is 8.14. The second-order valence-corrected chi connectivity index (χ2v) is 8.14. The smallest absolute Gasteiger partial charge is 0.220 e. The summed E-state index contributed by atoms with van der Waals surface area (Å²) in [4.78, 5) is 17.3. The summed E-state index contributed by atoms with van der Waals surface area (Å²) in [6.45, 7) is 7.04. The molecule has 3 saturated heterocycles. The zero-order valence-electron chi connectivity index (χ0n) is 16.3. The monoisotopic (exact) mass is 408 g/mol. The molecule has 1 amide bonds. The van der Waals surface area contributed by atoms with Crippen molar-refractivity contribution in [1.82, 2.24) is 20.4 Å². The summed E-state index contributed by atoms with van der Waals surface area (Å²) in [5, 5.41) is 6.69. The molecule has 26 heavy (non-hydrogen) atoms. The third-order valence-electron chi connectivity index (χ3n) is 6.34. The molecule has 5 nitrogen and oxygen atoms in total. The fraction of sp³-hybridized carbons (Fsp3) is 0.947. The highest BCUT2D eigenvalue weighted by Gasteiger charge is 2.28. The van der Waals surface area contributed by atoms with Crippen LogP contribution in [0.2, 0.25) is 0 Å². The molecule has 0 aromatic rings. The fourth-order valence-corrected chi connectivity index (χ4v) is 4.57. The van der Waals surface area contributed by atoms with E-state index < -0.39 is 0 Å². The third kappa shape index (κ3) is 7.51. The Kier molecular flexibility index (Phi) is 11.4. The molecule has 3 fully saturated rings. The topological polar surface area (TPSA) is 47.6 Å². The SMILES string of the molecule is CN1CCC(N2CCC(NC(=O)CCC3CCNCC3)CC2)CC1.Cl.Cl. The molecular weight excluding hydrogens is 371 g/mol. The van der Waals surface area contributed by atoms with Crippen LogP contribution in [-0.2, 0) is 4.79 Å². The largest absolute Gasteiger partial charge is 0.353 e. The molecule has 7 heteroatoms. The van der Waals surface area contributed by atoms with Crippen LogP contribution in [0.15, 0.2) is 0 Å². The van der Waals surface area contributed by atoms with Crippen molar-refractivity contribution in [2.75, 3.05) is 46.3 Å². The van der Waals surface area contributed by atoms with Crippen LogP contribution in [0.3, 0.4) is 0 Å². The van der Waals surface area contributed by atoms with Gasteiger partial charge in [0.2, 0.25) is 5.91 Å². The Bertz CT molecular complexity index is 391. The van der Waals surface area contributed by atoms with Gasteiger partial charge in [-0.3, -0.25) is 4.79 Å². The first kappa shape index (κ1) is 24.0. The molecule has 0 atom stereocenters. The molecular formula is C19H38Cl2N4O. The molecule has 0 aliphatic carbocycles. The summed E-state index contributed by atoms with van der Waals surface area (Å²) in [7, 11) is 2.22. The third-order valence-corrected chi connectivity index (χ3v) is 6.34. The molecule has 0 aromatic heterocycles. The lowest BCUT2D eigenvalue weighted by Crippen LogP contribution is -2.50. The summed E-state index contributed by atoms with van der Waals surface area (Å²) >= 11 is 0.